The van der Waals surface area contributed by atoms with Gasteiger partial charge in [0.15, 0.2) is 0 Å². The summed E-state index contributed by atoms with van der Waals surface area (Å²) in [5.41, 5.74) is 0.956. The number of benzene rings is 1. The van der Waals surface area contributed by atoms with E-state index >= 15 is 0 Å². The van der Waals surface area contributed by atoms with E-state index in [1.807, 2.05) is 0 Å². The Kier molecular flexibility index (Phi) is 4.28. The first-order chi connectivity index (χ1) is 6.72. The molecule has 3 nitrogen and oxygen atoms in total. The van der Waals surface area contributed by atoms with Crippen LogP contribution in [0.4, 0.5) is 8.78 Å². The largest absolute Gasteiger partial charge is 0.435 e. The summed E-state index contributed by atoms with van der Waals surface area (Å²) in [7, 11) is 0. The topological polar surface area (TPSA) is 44.5 Å². The molecule has 2 N–H and O–H groups in total. The van der Waals surface area contributed by atoms with Crippen molar-refractivity contribution in [3.8, 4) is 5.75 Å². The molecule has 0 radical (unpaired) electrons. The van der Waals surface area contributed by atoms with E-state index in [0.717, 1.165) is 5.56 Å². The third-order valence-corrected chi connectivity index (χ3v) is 1.66. The Morgan fingerprint density at radius 1 is 1.21 bits per heavy atom. The SMILES string of the molecule is NOCCc1ccc(OC(F)F)cc1. The van der Waals surface area contributed by atoms with Crippen LogP contribution in [0.15, 0.2) is 24.3 Å². The van der Waals surface area contributed by atoms with Crippen LogP contribution in [0.2, 0.25) is 0 Å². The zero-order valence-corrected chi connectivity index (χ0v) is 7.45. The van der Waals surface area contributed by atoms with Gasteiger partial charge in [-0.3, -0.25) is 0 Å². The second-order valence-electron chi connectivity index (χ2n) is 2.64. The molecule has 0 bridgehead atoms. The van der Waals surface area contributed by atoms with Crippen LogP contribution in [0, 0.1) is 0 Å². The van der Waals surface area contributed by atoms with Crippen molar-refractivity contribution in [3.05, 3.63) is 29.8 Å². The van der Waals surface area contributed by atoms with E-state index in [1.165, 1.54) is 12.1 Å². The van der Waals surface area contributed by atoms with E-state index in [2.05, 4.69) is 9.57 Å². The minimum atomic E-state index is -2.78. The molecular weight excluding hydrogens is 192 g/mol. The highest BCUT2D eigenvalue weighted by Gasteiger charge is 2.03. The molecule has 5 heteroatoms. The molecule has 0 heterocycles. The summed E-state index contributed by atoms with van der Waals surface area (Å²) in [4.78, 5) is 4.39. The highest BCUT2D eigenvalue weighted by atomic mass is 19.3. The third kappa shape index (κ3) is 3.68. The number of halogens is 2. The van der Waals surface area contributed by atoms with Crippen LogP contribution >= 0.6 is 0 Å². The van der Waals surface area contributed by atoms with Crippen LogP contribution in [0.25, 0.3) is 0 Å². The number of rotatable bonds is 5. The number of alkyl halides is 2. The molecule has 0 aromatic heterocycles. The summed E-state index contributed by atoms with van der Waals surface area (Å²) in [5, 5.41) is 0. The summed E-state index contributed by atoms with van der Waals surface area (Å²) >= 11 is 0. The van der Waals surface area contributed by atoms with E-state index in [-0.39, 0.29) is 5.75 Å². The van der Waals surface area contributed by atoms with Crippen molar-refractivity contribution in [1.29, 1.82) is 0 Å². The van der Waals surface area contributed by atoms with Gasteiger partial charge in [0.2, 0.25) is 0 Å². The number of ether oxygens (including phenoxy) is 1. The van der Waals surface area contributed by atoms with Gasteiger partial charge in [-0.2, -0.15) is 8.78 Å². The highest BCUT2D eigenvalue weighted by Crippen LogP contribution is 2.14. The molecule has 0 atom stereocenters. The number of hydrogen-bond donors (Lipinski definition) is 1. The first kappa shape index (κ1) is 10.9. The second-order valence-corrected chi connectivity index (χ2v) is 2.64. The van der Waals surface area contributed by atoms with Crippen molar-refractivity contribution >= 4 is 0 Å². The van der Waals surface area contributed by atoms with Gasteiger partial charge in [-0.1, -0.05) is 12.1 Å². The molecule has 78 valence electrons. The molecule has 0 aliphatic rings. The van der Waals surface area contributed by atoms with Gasteiger partial charge in [-0.25, -0.2) is 5.90 Å². The maximum absolute atomic E-state index is 11.8. The standard InChI is InChI=1S/C9H11F2NO2/c10-9(11)14-8-3-1-7(2-4-8)5-6-13-12/h1-4,9H,5-6,12H2. The lowest BCUT2D eigenvalue weighted by Crippen LogP contribution is -2.04. The molecule has 0 saturated heterocycles. The molecule has 1 rings (SSSR count). The van der Waals surface area contributed by atoms with Crippen molar-refractivity contribution in [2.24, 2.45) is 5.90 Å². The average molecular weight is 203 g/mol. The molecule has 0 unspecified atom stereocenters. The first-order valence-corrected chi connectivity index (χ1v) is 4.08. The van der Waals surface area contributed by atoms with E-state index in [0.29, 0.717) is 13.0 Å². The lowest BCUT2D eigenvalue weighted by molar-refractivity contribution is -0.0498. The molecule has 1 aromatic carbocycles. The van der Waals surface area contributed by atoms with E-state index in [1.54, 1.807) is 12.1 Å². The molecule has 0 aliphatic heterocycles. The molecule has 0 amide bonds. The maximum Gasteiger partial charge on any atom is 0.387 e. The molecule has 1 aromatic rings. The molecular formula is C9H11F2NO2. The predicted octanol–water partition coefficient (Wildman–Crippen LogP) is 1.72. The van der Waals surface area contributed by atoms with E-state index in [9.17, 15) is 8.78 Å². The highest BCUT2D eigenvalue weighted by molar-refractivity contribution is 5.27. The van der Waals surface area contributed by atoms with Crippen molar-refractivity contribution < 1.29 is 18.4 Å². The molecule has 0 saturated carbocycles. The van der Waals surface area contributed by atoms with Gasteiger partial charge >= 0.3 is 6.61 Å². The van der Waals surface area contributed by atoms with E-state index in [4.69, 9.17) is 5.90 Å². The first-order valence-electron chi connectivity index (χ1n) is 4.08. The van der Waals surface area contributed by atoms with Gasteiger partial charge in [-0.05, 0) is 24.1 Å². The average Bonchev–Trinajstić information content (AvgIpc) is 2.16. The summed E-state index contributed by atoms with van der Waals surface area (Å²) in [5.74, 6) is 5.00. The lowest BCUT2D eigenvalue weighted by atomic mass is 10.1. The Morgan fingerprint density at radius 2 is 1.86 bits per heavy atom. The molecule has 0 aliphatic carbocycles. The quantitative estimate of drug-likeness (QED) is 0.741. The zero-order chi connectivity index (χ0) is 10.4. The number of hydrogen-bond acceptors (Lipinski definition) is 3. The summed E-state index contributed by atoms with van der Waals surface area (Å²) in [6, 6.07) is 6.35. The van der Waals surface area contributed by atoms with Gasteiger partial charge in [0.1, 0.15) is 5.75 Å². The van der Waals surface area contributed by atoms with Crippen LogP contribution in [-0.4, -0.2) is 13.2 Å². The zero-order valence-electron chi connectivity index (χ0n) is 7.45. The Labute approximate surface area is 80.4 Å². The lowest BCUT2D eigenvalue weighted by Gasteiger charge is -2.05. The fourth-order valence-corrected chi connectivity index (χ4v) is 1.01. The normalized spacial score (nSPS) is 10.6. The molecule has 0 fully saturated rings. The molecule has 14 heavy (non-hydrogen) atoms. The van der Waals surface area contributed by atoms with Crippen molar-refractivity contribution in [3.63, 3.8) is 0 Å². The summed E-state index contributed by atoms with van der Waals surface area (Å²) < 4.78 is 27.7. The van der Waals surface area contributed by atoms with Gasteiger partial charge in [0.25, 0.3) is 0 Å². The van der Waals surface area contributed by atoms with Crippen molar-refractivity contribution in [2.45, 2.75) is 13.0 Å². The Morgan fingerprint density at radius 3 is 2.36 bits per heavy atom. The second kappa shape index (κ2) is 5.51. The van der Waals surface area contributed by atoms with E-state index < -0.39 is 6.61 Å². The Hall–Kier alpha value is -1.20. The van der Waals surface area contributed by atoms with Crippen LogP contribution in [0.1, 0.15) is 5.56 Å². The van der Waals surface area contributed by atoms with Crippen LogP contribution in [0.3, 0.4) is 0 Å². The maximum atomic E-state index is 11.8. The Bertz CT molecular complexity index is 264. The van der Waals surface area contributed by atoms with Crippen molar-refractivity contribution in [2.75, 3.05) is 6.61 Å². The minimum Gasteiger partial charge on any atom is -0.435 e. The van der Waals surface area contributed by atoms with Gasteiger partial charge < -0.3 is 9.57 Å². The van der Waals surface area contributed by atoms with Crippen LogP contribution in [-0.2, 0) is 11.3 Å². The summed E-state index contributed by atoms with van der Waals surface area (Å²) in [6.07, 6.45) is 0.644. The minimum absolute atomic E-state index is 0.150. The Balaban J connectivity index is 2.50. The van der Waals surface area contributed by atoms with Crippen LogP contribution < -0.4 is 10.6 Å². The van der Waals surface area contributed by atoms with Gasteiger partial charge in [-0.15, -0.1) is 0 Å². The van der Waals surface area contributed by atoms with Crippen LogP contribution in [0.5, 0.6) is 5.75 Å². The third-order valence-electron chi connectivity index (χ3n) is 1.66. The summed E-state index contributed by atoms with van der Waals surface area (Å²) in [6.45, 7) is -2.39. The fourth-order valence-electron chi connectivity index (χ4n) is 1.01. The fraction of sp³-hybridized carbons (Fsp3) is 0.333. The monoisotopic (exact) mass is 203 g/mol. The smallest absolute Gasteiger partial charge is 0.387 e. The molecule has 0 spiro atoms. The predicted molar refractivity (Wildman–Crippen MR) is 46.9 cm³/mol. The number of nitrogens with two attached hydrogens (primary N) is 1. The van der Waals surface area contributed by atoms with Gasteiger partial charge in [0.05, 0.1) is 6.61 Å². The van der Waals surface area contributed by atoms with Gasteiger partial charge in [0, 0.05) is 0 Å². The van der Waals surface area contributed by atoms with Crippen molar-refractivity contribution in [1.82, 2.24) is 0 Å².